The second-order valence-corrected chi connectivity index (χ2v) is 7.88. The maximum Gasteiger partial charge on any atom is 0.142 e. The number of hydrogen-bond acceptors (Lipinski definition) is 3. The van der Waals surface area contributed by atoms with Crippen LogP contribution < -0.4 is 5.32 Å². The monoisotopic (exact) mass is 364 g/mol. The molecule has 4 heteroatoms. The summed E-state index contributed by atoms with van der Waals surface area (Å²) < 4.78 is 5.87. The minimum Gasteiger partial charge on any atom is -0.360 e. The highest BCUT2D eigenvalue weighted by Crippen LogP contribution is 2.47. The third-order valence-corrected chi connectivity index (χ3v) is 6.16. The minimum absolute atomic E-state index is 0.305. The number of fused-ring (bicyclic) bond motifs is 2. The van der Waals surface area contributed by atoms with Crippen LogP contribution in [-0.2, 0) is 0 Å². The van der Waals surface area contributed by atoms with Crippen molar-refractivity contribution in [1.82, 2.24) is 10.5 Å². The lowest BCUT2D eigenvalue weighted by atomic mass is 9.75. The zero-order valence-corrected chi connectivity index (χ0v) is 15.2. The summed E-state index contributed by atoms with van der Waals surface area (Å²) >= 11 is 6.10. The summed E-state index contributed by atoms with van der Waals surface area (Å²) in [7, 11) is 0. The Morgan fingerprint density at radius 3 is 2.62 bits per heavy atom. The average molecular weight is 365 g/mol. The molecule has 2 aromatic carbocycles. The highest BCUT2D eigenvalue weighted by Gasteiger charge is 2.44. The Morgan fingerprint density at radius 1 is 1.00 bits per heavy atom. The van der Waals surface area contributed by atoms with E-state index in [2.05, 4.69) is 40.8 Å². The van der Waals surface area contributed by atoms with Crippen molar-refractivity contribution in [2.24, 2.45) is 0 Å². The van der Waals surface area contributed by atoms with Gasteiger partial charge in [-0.3, -0.25) is 0 Å². The van der Waals surface area contributed by atoms with Crippen molar-refractivity contribution in [2.45, 2.75) is 43.2 Å². The van der Waals surface area contributed by atoms with Crippen LogP contribution in [0.4, 0.5) is 0 Å². The molecular weight excluding hydrogens is 344 g/mol. The SMILES string of the molecule is Clc1ccc([C@H]2CC3CCC(N3)[C@H]2c2cc(-c3ccccc3)no2)cc1. The Kier molecular flexibility index (Phi) is 4.07. The molecule has 2 aliphatic heterocycles. The topological polar surface area (TPSA) is 38.1 Å². The summed E-state index contributed by atoms with van der Waals surface area (Å²) in [6.07, 6.45) is 3.57. The highest BCUT2D eigenvalue weighted by molar-refractivity contribution is 6.30. The van der Waals surface area contributed by atoms with Crippen molar-refractivity contribution in [1.29, 1.82) is 0 Å². The molecule has 0 aliphatic carbocycles. The van der Waals surface area contributed by atoms with Crippen LogP contribution in [0.1, 0.15) is 42.4 Å². The van der Waals surface area contributed by atoms with Crippen LogP contribution >= 0.6 is 11.6 Å². The van der Waals surface area contributed by atoms with E-state index in [1.165, 1.54) is 18.4 Å². The Bertz CT molecular complexity index is 890. The van der Waals surface area contributed by atoms with Crippen LogP contribution in [0.5, 0.6) is 0 Å². The van der Waals surface area contributed by atoms with Crippen LogP contribution in [0.3, 0.4) is 0 Å². The first kappa shape index (κ1) is 16.1. The summed E-state index contributed by atoms with van der Waals surface area (Å²) in [6.45, 7) is 0. The molecule has 26 heavy (non-hydrogen) atoms. The average Bonchev–Trinajstić information content (AvgIpc) is 3.31. The van der Waals surface area contributed by atoms with Crippen molar-refractivity contribution in [3.63, 3.8) is 0 Å². The standard InChI is InChI=1S/C22H21ClN2O/c23-16-8-6-14(7-9-16)18-12-17-10-11-19(24-17)22(18)21-13-20(25-26-21)15-4-2-1-3-5-15/h1-9,13,17-19,22,24H,10-12H2/t17?,18-,19?,22+/m1/s1. The fraction of sp³-hybridized carbons (Fsp3) is 0.318. The first-order valence-corrected chi connectivity index (χ1v) is 9.69. The molecule has 3 nitrogen and oxygen atoms in total. The molecule has 132 valence electrons. The lowest BCUT2D eigenvalue weighted by molar-refractivity contribution is 0.260. The smallest absolute Gasteiger partial charge is 0.142 e. The largest absolute Gasteiger partial charge is 0.360 e. The molecule has 0 radical (unpaired) electrons. The van der Waals surface area contributed by atoms with Gasteiger partial charge in [0.1, 0.15) is 11.5 Å². The predicted molar refractivity (Wildman–Crippen MR) is 103 cm³/mol. The lowest BCUT2D eigenvalue weighted by Crippen LogP contribution is -2.43. The number of benzene rings is 2. The van der Waals surface area contributed by atoms with E-state index in [-0.39, 0.29) is 0 Å². The molecular formula is C22H21ClN2O. The summed E-state index contributed by atoms with van der Waals surface area (Å²) in [5.41, 5.74) is 3.35. The van der Waals surface area contributed by atoms with E-state index in [1.54, 1.807) is 0 Å². The van der Waals surface area contributed by atoms with E-state index in [4.69, 9.17) is 16.1 Å². The highest BCUT2D eigenvalue weighted by atomic mass is 35.5. The van der Waals surface area contributed by atoms with E-state index < -0.39 is 0 Å². The Labute approximate surface area is 158 Å². The fourth-order valence-corrected chi connectivity index (χ4v) is 4.82. The quantitative estimate of drug-likeness (QED) is 0.677. The van der Waals surface area contributed by atoms with Crippen LogP contribution in [0.25, 0.3) is 11.3 Å². The number of piperidine rings is 1. The molecule has 2 saturated heterocycles. The molecule has 0 spiro atoms. The zero-order chi connectivity index (χ0) is 17.5. The van der Waals surface area contributed by atoms with Crippen molar-refractivity contribution in [2.75, 3.05) is 0 Å². The molecule has 0 saturated carbocycles. The lowest BCUT2D eigenvalue weighted by Gasteiger charge is -2.36. The van der Waals surface area contributed by atoms with Crippen molar-refractivity contribution in [3.05, 3.63) is 77.0 Å². The van der Waals surface area contributed by atoms with Gasteiger partial charge >= 0.3 is 0 Å². The molecule has 2 fully saturated rings. The van der Waals surface area contributed by atoms with Crippen molar-refractivity contribution < 1.29 is 4.52 Å². The Morgan fingerprint density at radius 2 is 1.81 bits per heavy atom. The number of nitrogens with one attached hydrogen (secondary N) is 1. The molecule has 2 unspecified atom stereocenters. The Balaban J connectivity index is 1.52. The normalized spacial score (nSPS) is 27.6. The van der Waals surface area contributed by atoms with Crippen LogP contribution in [0.2, 0.25) is 5.02 Å². The fourth-order valence-electron chi connectivity index (χ4n) is 4.69. The summed E-state index contributed by atoms with van der Waals surface area (Å²) in [4.78, 5) is 0. The summed E-state index contributed by atoms with van der Waals surface area (Å²) in [5, 5.41) is 8.93. The van der Waals surface area contributed by atoms with Gasteiger partial charge in [0.2, 0.25) is 0 Å². The second-order valence-electron chi connectivity index (χ2n) is 7.45. The van der Waals surface area contributed by atoms with Gasteiger partial charge in [-0.05, 0) is 42.9 Å². The van der Waals surface area contributed by atoms with Crippen LogP contribution in [-0.4, -0.2) is 17.2 Å². The van der Waals surface area contributed by atoms with Crippen molar-refractivity contribution in [3.8, 4) is 11.3 Å². The molecule has 1 aromatic heterocycles. The molecule has 0 amide bonds. The van der Waals surface area contributed by atoms with Crippen LogP contribution in [0.15, 0.2) is 65.2 Å². The zero-order valence-electron chi connectivity index (χ0n) is 14.4. The van der Waals surface area contributed by atoms with Gasteiger partial charge in [0, 0.05) is 34.7 Å². The van der Waals surface area contributed by atoms with E-state index >= 15 is 0 Å². The van der Waals surface area contributed by atoms with Crippen molar-refractivity contribution >= 4 is 11.6 Å². The maximum atomic E-state index is 6.10. The van der Waals surface area contributed by atoms with Gasteiger partial charge in [-0.15, -0.1) is 0 Å². The van der Waals surface area contributed by atoms with Gasteiger partial charge in [-0.2, -0.15) is 0 Å². The number of nitrogens with zero attached hydrogens (tertiary/aromatic N) is 1. The number of hydrogen-bond donors (Lipinski definition) is 1. The van der Waals surface area contributed by atoms with E-state index in [1.807, 2.05) is 30.3 Å². The van der Waals surface area contributed by atoms with Gasteiger partial charge in [-0.1, -0.05) is 59.2 Å². The van der Waals surface area contributed by atoms with E-state index in [0.717, 1.165) is 28.5 Å². The molecule has 4 atom stereocenters. The number of rotatable bonds is 3. The summed E-state index contributed by atoms with van der Waals surface area (Å²) in [6, 6.07) is 21.7. The molecule has 2 bridgehead atoms. The van der Waals surface area contributed by atoms with Gasteiger partial charge in [0.25, 0.3) is 0 Å². The van der Waals surface area contributed by atoms with E-state index in [0.29, 0.717) is 23.9 Å². The minimum atomic E-state index is 0.305. The molecule has 3 aromatic rings. The Hall–Kier alpha value is -2.10. The summed E-state index contributed by atoms with van der Waals surface area (Å²) in [5.74, 6) is 1.73. The molecule has 5 rings (SSSR count). The predicted octanol–water partition coefficient (Wildman–Crippen LogP) is 5.39. The second kappa shape index (κ2) is 6.57. The first-order valence-electron chi connectivity index (χ1n) is 9.31. The van der Waals surface area contributed by atoms with Gasteiger partial charge < -0.3 is 9.84 Å². The molecule has 1 N–H and O–H groups in total. The number of halogens is 1. The molecule has 3 heterocycles. The number of aromatic nitrogens is 1. The first-order chi connectivity index (χ1) is 12.8. The third-order valence-electron chi connectivity index (χ3n) is 5.91. The third kappa shape index (κ3) is 2.85. The van der Waals surface area contributed by atoms with Gasteiger partial charge in [0.05, 0.1) is 0 Å². The van der Waals surface area contributed by atoms with Crippen LogP contribution in [0, 0.1) is 0 Å². The van der Waals surface area contributed by atoms with E-state index in [9.17, 15) is 0 Å². The molecule has 2 aliphatic rings. The maximum absolute atomic E-state index is 6.10. The van der Waals surface area contributed by atoms with Gasteiger partial charge in [0.15, 0.2) is 0 Å². The van der Waals surface area contributed by atoms with Gasteiger partial charge in [-0.25, -0.2) is 0 Å².